The standard InChI is InChI=1S/C6H11NO3/c7-4-1-5(2-4)10-3-6(8)9/h4-5H,1-3,7H2,(H,8,9). The lowest BCUT2D eigenvalue weighted by molar-refractivity contribution is -0.146. The van der Waals surface area contributed by atoms with E-state index >= 15 is 0 Å². The summed E-state index contributed by atoms with van der Waals surface area (Å²) >= 11 is 0. The highest BCUT2D eigenvalue weighted by molar-refractivity contribution is 5.68. The maximum atomic E-state index is 9.97. The second-order valence-electron chi connectivity index (χ2n) is 2.56. The van der Waals surface area contributed by atoms with Crippen molar-refractivity contribution in [3.63, 3.8) is 0 Å². The van der Waals surface area contributed by atoms with E-state index in [1.807, 2.05) is 0 Å². The van der Waals surface area contributed by atoms with Crippen molar-refractivity contribution >= 4 is 5.97 Å². The third kappa shape index (κ3) is 1.97. The summed E-state index contributed by atoms with van der Waals surface area (Å²) in [6, 6.07) is 0.221. The summed E-state index contributed by atoms with van der Waals surface area (Å²) in [7, 11) is 0. The third-order valence-electron chi connectivity index (χ3n) is 1.57. The van der Waals surface area contributed by atoms with Gasteiger partial charge in [0, 0.05) is 6.04 Å². The van der Waals surface area contributed by atoms with E-state index in [0.29, 0.717) is 0 Å². The lowest BCUT2D eigenvalue weighted by Gasteiger charge is -2.31. The first-order chi connectivity index (χ1) is 4.68. The minimum Gasteiger partial charge on any atom is -0.480 e. The molecule has 0 spiro atoms. The molecule has 1 aliphatic rings. The van der Waals surface area contributed by atoms with Gasteiger partial charge in [0.2, 0.25) is 0 Å². The van der Waals surface area contributed by atoms with E-state index in [4.69, 9.17) is 15.6 Å². The number of hydrogen-bond donors (Lipinski definition) is 2. The van der Waals surface area contributed by atoms with Gasteiger partial charge < -0.3 is 15.6 Å². The fourth-order valence-corrected chi connectivity index (χ4v) is 0.932. The van der Waals surface area contributed by atoms with Gasteiger partial charge in [-0.1, -0.05) is 0 Å². The molecule has 0 aromatic heterocycles. The van der Waals surface area contributed by atoms with E-state index in [2.05, 4.69) is 0 Å². The van der Waals surface area contributed by atoms with Crippen LogP contribution in [0.3, 0.4) is 0 Å². The molecule has 10 heavy (non-hydrogen) atoms. The van der Waals surface area contributed by atoms with Gasteiger partial charge in [-0.3, -0.25) is 0 Å². The average molecular weight is 145 g/mol. The Labute approximate surface area is 59.0 Å². The molecular formula is C6H11NO3. The Morgan fingerprint density at radius 3 is 2.70 bits per heavy atom. The SMILES string of the molecule is NC1CC(OCC(=O)O)C1. The Kier molecular flexibility index (Phi) is 2.24. The molecule has 1 aliphatic carbocycles. The molecule has 0 aromatic rings. The first-order valence-electron chi connectivity index (χ1n) is 3.27. The normalized spacial score (nSPS) is 31.3. The molecule has 0 unspecified atom stereocenters. The van der Waals surface area contributed by atoms with Crippen molar-refractivity contribution in [2.75, 3.05) is 6.61 Å². The van der Waals surface area contributed by atoms with Gasteiger partial charge in [0.25, 0.3) is 0 Å². The van der Waals surface area contributed by atoms with Crippen LogP contribution in [0.15, 0.2) is 0 Å². The number of carboxylic acids is 1. The molecule has 0 bridgehead atoms. The van der Waals surface area contributed by atoms with Crippen LogP contribution < -0.4 is 5.73 Å². The highest BCUT2D eigenvalue weighted by Crippen LogP contribution is 2.20. The first-order valence-corrected chi connectivity index (χ1v) is 3.27. The van der Waals surface area contributed by atoms with Gasteiger partial charge in [-0.05, 0) is 12.8 Å². The fraction of sp³-hybridized carbons (Fsp3) is 0.833. The van der Waals surface area contributed by atoms with Crippen LogP contribution >= 0.6 is 0 Å². The molecule has 1 saturated carbocycles. The minimum atomic E-state index is -0.916. The molecule has 0 aliphatic heterocycles. The summed E-state index contributed by atoms with van der Waals surface area (Å²) in [5, 5.41) is 8.19. The number of carboxylic acid groups (broad SMARTS) is 1. The molecule has 58 valence electrons. The smallest absolute Gasteiger partial charge is 0.329 e. The van der Waals surface area contributed by atoms with E-state index in [9.17, 15) is 4.79 Å². The molecule has 0 amide bonds. The van der Waals surface area contributed by atoms with Crippen LogP contribution in [-0.4, -0.2) is 29.8 Å². The van der Waals surface area contributed by atoms with Crippen molar-refractivity contribution in [3.05, 3.63) is 0 Å². The Bertz CT molecular complexity index is 131. The van der Waals surface area contributed by atoms with Gasteiger partial charge >= 0.3 is 5.97 Å². The van der Waals surface area contributed by atoms with Gasteiger partial charge in [-0.15, -0.1) is 0 Å². The summed E-state index contributed by atoms with van der Waals surface area (Å²) in [5.41, 5.74) is 5.45. The molecule has 4 heteroatoms. The summed E-state index contributed by atoms with van der Waals surface area (Å²) in [5.74, 6) is -0.916. The van der Waals surface area contributed by atoms with Crippen LogP contribution in [0, 0.1) is 0 Å². The highest BCUT2D eigenvalue weighted by atomic mass is 16.5. The van der Waals surface area contributed by atoms with Crippen LogP contribution in [0.1, 0.15) is 12.8 Å². The molecular weight excluding hydrogens is 134 g/mol. The minimum absolute atomic E-state index is 0.0890. The molecule has 0 heterocycles. The van der Waals surface area contributed by atoms with E-state index in [1.165, 1.54) is 0 Å². The van der Waals surface area contributed by atoms with Gasteiger partial charge in [0.05, 0.1) is 6.10 Å². The predicted molar refractivity (Wildman–Crippen MR) is 34.6 cm³/mol. The molecule has 0 atom stereocenters. The first kappa shape index (κ1) is 7.50. The summed E-state index contributed by atoms with van der Waals surface area (Å²) in [6.07, 6.45) is 1.69. The number of carbonyl (C=O) groups is 1. The molecule has 4 nitrogen and oxygen atoms in total. The second kappa shape index (κ2) is 2.98. The maximum Gasteiger partial charge on any atom is 0.329 e. The Morgan fingerprint density at radius 2 is 2.30 bits per heavy atom. The number of ether oxygens (including phenoxy) is 1. The molecule has 0 radical (unpaired) electrons. The van der Waals surface area contributed by atoms with Crippen LogP contribution in [-0.2, 0) is 9.53 Å². The average Bonchev–Trinajstić information content (AvgIpc) is 1.77. The number of aliphatic carboxylic acids is 1. The zero-order valence-corrected chi connectivity index (χ0v) is 5.62. The van der Waals surface area contributed by atoms with Crippen LogP contribution in [0.5, 0.6) is 0 Å². The Morgan fingerprint density at radius 1 is 1.70 bits per heavy atom. The van der Waals surface area contributed by atoms with Gasteiger partial charge in [-0.25, -0.2) is 4.79 Å². The number of nitrogens with two attached hydrogens (primary N) is 1. The fourth-order valence-electron chi connectivity index (χ4n) is 0.932. The van der Waals surface area contributed by atoms with E-state index in [-0.39, 0.29) is 18.8 Å². The molecule has 0 aromatic carbocycles. The van der Waals surface area contributed by atoms with Crippen LogP contribution in [0.4, 0.5) is 0 Å². The van der Waals surface area contributed by atoms with Crippen molar-refractivity contribution in [1.82, 2.24) is 0 Å². The zero-order valence-electron chi connectivity index (χ0n) is 5.62. The van der Waals surface area contributed by atoms with Crippen molar-refractivity contribution < 1.29 is 14.6 Å². The zero-order chi connectivity index (χ0) is 7.56. The molecule has 0 saturated heterocycles. The van der Waals surface area contributed by atoms with Crippen molar-refractivity contribution in [2.24, 2.45) is 5.73 Å². The highest BCUT2D eigenvalue weighted by Gasteiger charge is 2.26. The molecule has 1 fully saturated rings. The number of rotatable bonds is 3. The summed E-state index contributed by atoms with van der Waals surface area (Å²) < 4.78 is 4.93. The lowest BCUT2D eigenvalue weighted by Crippen LogP contribution is -2.42. The van der Waals surface area contributed by atoms with Crippen LogP contribution in [0.25, 0.3) is 0 Å². The van der Waals surface area contributed by atoms with Crippen molar-refractivity contribution in [3.8, 4) is 0 Å². The molecule has 1 rings (SSSR count). The monoisotopic (exact) mass is 145 g/mol. The maximum absolute atomic E-state index is 9.97. The second-order valence-corrected chi connectivity index (χ2v) is 2.56. The third-order valence-corrected chi connectivity index (χ3v) is 1.57. The Hall–Kier alpha value is -0.610. The predicted octanol–water partition coefficient (Wildman–Crippen LogP) is -0.423. The largest absolute Gasteiger partial charge is 0.480 e. The summed E-state index contributed by atoms with van der Waals surface area (Å²) in [4.78, 5) is 9.97. The van der Waals surface area contributed by atoms with Crippen LogP contribution in [0.2, 0.25) is 0 Å². The molecule has 3 N–H and O–H groups in total. The van der Waals surface area contributed by atoms with Gasteiger partial charge in [0.15, 0.2) is 0 Å². The lowest BCUT2D eigenvalue weighted by atomic mass is 9.90. The van der Waals surface area contributed by atoms with Gasteiger partial charge in [0.1, 0.15) is 6.61 Å². The van der Waals surface area contributed by atoms with Crippen molar-refractivity contribution in [1.29, 1.82) is 0 Å². The summed E-state index contributed by atoms with van der Waals surface area (Å²) in [6.45, 7) is -0.197. The quantitative estimate of drug-likeness (QED) is 0.565. The van der Waals surface area contributed by atoms with E-state index in [1.54, 1.807) is 0 Å². The van der Waals surface area contributed by atoms with Crippen molar-refractivity contribution in [2.45, 2.75) is 25.0 Å². The number of hydrogen-bond acceptors (Lipinski definition) is 3. The van der Waals surface area contributed by atoms with E-state index < -0.39 is 5.97 Å². The topological polar surface area (TPSA) is 72.5 Å². The Balaban J connectivity index is 2.00. The van der Waals surface area contributed by atoms with E-state index in [0.717, 1.165) is 12.8 Å². The van der Waals surface area contributed by atoms with Gasteiger partial charge in [-0.2, -0.15) is 0 Å².